The van der Waals surface area contributed by atoms with E-state index in [0.717, 1.165) is 11.1 Å². The topological polar surface area (TPSA) is 84.5 Å². The van der Waals surface area contributed by atoms with Crippen molar-refractivity contribution in [1.82, 2.24) is 10.6 Å². The summed E-state index contributed by atoms with van der Waals surface area (Å²) in [7, 11) is 1.42. The number of hydrogen-bond acceptors (Lipinski definition) is 4. The van der Waals surface area contributed by atoms with Crippen molar-refractivity contribution in [2.75, 3.05) is 7.11 Å². The van der Waals surface area contributed by atoms with E-state index in [4.69, 9.17) is 16.3 Å². The third-order valence-corrected chi connectivity index (χ3v) is 6.60. The molecule has 2 unspecified atom stereocenters. The van der Waals surface area contributed by atoms with Crippen LogP contribution in [-0.2, 0) is 14.4 Å². The van der Waals surface area contributed by atoms with Gasteiger partial charge in [-0.05, 0) is 46.9 Å². The molecule has 212 valence electrons. The number of carbonyl (C=O) groups excluding carboxylic acids is 3. The predicted octanol–water partition coefficient (Wildman–Crippen LogP) is 6.00. The zero-order chi connectivity index (χ0) is 29.4. The first kappa shape index (κ1) is 30.7. The molecular weight excluding hydrogens is 545 g/mol. The van der Waals surface area contributed by atoms with Crippen molar-refractivity contribution in [3.8, 4) is 5.75 Å². The summed E-state index contributed by atoms with van der Waals surface area (Å²) < 4.78 is 44.9. The summed E-state index contributed by atoms with van der Waals surface area (Å²) in [6.07, 6.45) is -5.23. The Morgan fingerprint density at radius 3 is 2.08 bits per heavy atom. The summed E-state index contributed by atoms with van der Waals surface area (Å²) in [6, 6.07) is 19.3. The van der Waals surface area contributed by atoms with Gasteiger partial charge in [0.2, 0.25) is 11.8 Å². The molecule has 3 rings (SSSR count). The highest BCUT2D eigenvalue weighted by Gasteiger charge is 2.45. The number of ether oxygens (including phenoxy) is 1. The van der Waals surface area contributed by atoms with Crippen LogP contribution in [0.15, 0.2) is 78.9 Å². The summed E-state index contributed by atoms with van der Waals surface area (Å²) in [5.41, 5.74) is 1.87. The number of rotatable bonds is 11. The summed E-state index contributed by atoms with van der Waals surface area (Å²) in [6.45, 7) is 2.78. The molecule has 0 radical (unpaired) electrons. The van der Waals surface area contributed by atoms with Gasteiger partial charge >= 0.3 is 6.18 Å². The number of amides is 2. The lowest BCUT2D eigenvalue weighted by atomic mass is 9.88. The predicted molar refractivity (Wildman–Crippen MR) is 146 cm³/mol. The third kappa shape index (κ3) is 8.08. The number of ketones is 1. The zero-order valence-corrected chi connectivity index (χ0v) is 22.9. The highest BCUT2D eigenvalue weighted by atomic mass is 35.5. The summed E-state index contributed by atoms with van der Waals surface area (Å²) in [4.78, 5) is 38.9. The van der Waals surface area contributed by atoms with Crippen LogP contribution >= 0.6 is 11.6 Å². The smallest absolute Gasteiger partial charge is 0.452 e. The van der Waals surface area contributed by atoms with Crippen molar-refractivity contribution in [2.24, 2.45) is 5.92 Å². The maximum Gasteiger partial charge on any atom is 0.452 e. The molecule has 0 spiro atoms. The number of halogens is 4. The molecule has 0 saturated carbocycles. The van der Waals surface area contributed by atoms with Crippen LogP contribution in [0, 0.1) is 5.92 Å². The van der Waals surface area contributed by atoms with E-state index in [1.165, 1.54) is 33.1 Å². The third-order valence-electron chi connectivity index (χ3n) is 6.36. The second kappa shape index (κ2) is 13.5. The van der Waals surface area contributed by atoms with E-state index in [2.05, 4.69) is 10.6 Å². The average Bonchev–Trinajstić information content (AvgIpc) is 2.92. The van der Waals surface area contributed by atoms with Gasteiger partial charge < -0.3 is 15.4 Å². The van der Waals surface area contributed by atoms with Crippen molar-refractivity contribution < 1.29 is 32.3 Å². The van der Waals surface area contributed by atoms with Crippen molar-refractivity contribution in [3.63, 3.8) is 0 Å². The van der Waals surface area contributed by atoms with Gasteiger partial charge in [0.15, 0.2) is 0 Å². The van der Waals surface area contributed by atoms with Crippen LogP contribution in [0.5, 0.6) is 5.75 Å². The first-order valence-electron chi connectivity index (χ1n) is 12.6. The van der Waals surface area contributed by atoms with Crippen molar-refractivity contribution in [1.29, 1.82) is 0 Å². The molecule has 2 amide bonds. The Labute approximate surface area is 235 Å². The van der Waals surface area contributed by atoms with Crippen LogP contribution in [0.25, 0.3) is 0 Å². The van der Waals surface area contributed by atoms with Crippen LogP contribution in [0.4, 0.5) is 13.2 Å². The maximum atomic E-state index is 13.4. The molecule has 0 bridgehead atoms. The van der Waals surface area contributed by atoms with E-state index < -0.39 is 47.7 Å². The van der Waals surface area contributed by atoms with Crippen LogP contribution < -0.4 is 15.4 Å². The van der Waals surface area contributed by atoms with E-state index in [0.29, 0.717) is 10.8 Å². The van der Waals surface area contributed by atoms with Gasteiger partial charge in [0.25, 0.3) is 5.78 Å². The second-order valence-electron chi connectivity index (χ2n) is 9.59. The normalized spacial score (nSPS) is 13.7. The number of nitrogens with one attached hydrogen (secondary N) is 2. The molecule has 0 fully saturated rings. The fourth-order valence-corrected chi connectivity index (χ4v) is 4.51. The van der Waals surface area contributed by atoms with Gasteiger partial charge in [-0.25, -0.2) is 0 Å². The van der Waals surface area contributed by atoms with Crippen molar-refractivity contribution in [2.45, 2.75) is 44.4 Å². The number of alkyl halides is 3. The quantitative estimate of drug-likeness (QED) is 0.294. The molecule has 2 N–H and O–H groups in total. The molecule has 40 heavy (non-hydrogen) atoms. The largest absolute Gasteiger partial charge is 0.497 e. The molecule has 3 aromatic carbocycles. The van der Waals surface area contributed by atoms with E-state index >= 15 is 0 Å². The van der Waals surface area contributed by atoms with Crippen LogP contribution in [0.2, 0.25) is 5.02 Å². The zero-order valence-electron chi connectivity index (χ0n) is 22.2. The van der Waals surface area contributed by atoms with E-state index in [9.17, 15) is 27.6 Å². The molecule has 0 aliphatic heterocycles. The van der Waals surface area contributed by atoms with E-state index in [1.807, 2.05) is 36.4 Å². The molecule has 0 heterocycles. The van der Waals surface area contributed by atoms with Crippen LogP contribution in [0.3, 0.4) is 0 Å². The molecule has 6 nitrogen and oxygen atoms in total. The number of benzene rings is 3. The highest BCUT2D eigenvalue weighted by Crippen LogP contribution is 2.30. The molecule has 3 atom stereocenters. The van der Waals surface area contributed by atoms with Gasteiger partial charge in [-0.15, -0.1) is 0 Å². The van der Waals surface area contributed by atoms with E-state index in [-0.39, 0.29) is 12.0 Å². The Morgan fingerprint density at radius 1 is 0.850 bits per heavy atom. The Balaban J connectivity index is 1.94. The molecule has 0 saturated heterocycles. The minimum atomic E-state index is -5.14. The standard InChI is InChI=1S/C30H30ClF3N2O4/c1-18(2)26(28(38)30(32,33)34)36-29(39)27(21-12-8-14-23(16-21)40-3)35-25(37)17-24(19-9-5-4-6-10-19)20-11-7-13-22(31)15-20/h4-16,18,24,26-27H,17H2,1-3H3,(H,35,37)(H,36,39)/t24?,26-,27?/m0/s1. The Bertz CT molecular complexity index is 1330. The molecule has 3 aromatic rings. The number of hydrogen-bond donors (Lipinski definition) is 2. The van der Waals surface area contributed by atoms with Crippen LogP contribution in [0.1, 0.15) is 48.9 Å². The molecule has 0 aliphatic carbocycles. The first-order valence-corrected chi connectivity index (χ1v) is 12.9. The number of carbonyl (C=O) groups is 3. The van der Waals surface area contributed by atoms with Crippen molar-refractivity contribution >= 4 is 29.2 Å². The lowest BCUT2D eigenvalue weighted by molar-refractivity contribution is -0.175. The lowest BCUT2D eigenvalue weighted by Crippen LogP contribution is -2.52. The summed E-state index contributed by atoms with van der Waals surface area (Å²) in [5.74, 6) is -4.49. The van der Waals surface area contributed by atoms with Gasteiger partial charge in [-0.1, -0.05) is 80.0 Å². The van der Waals surface area contributed by atoms with Gasteiger partial charge in [-0.2, -0.15) is 13.2 Å². The Hall–Kier alpha value is -3.85. The average molecular weight is 575 g/mol. The van der Waals surface area contributed by atoms with Gasteiger partial charge in [-0.3, -0.25) is 14.4 Å². The summed E-state index contributed by atoms with van der Waals surface area (Å²) in [5, 5.41) is 5.35. The minimum Gasteiger partial charge on any atom is -0.497 e. The molecule has 10 heteroatoms. The monoisotopic (exact) mass is 574 g/mol. The molecular formula is C30H30ClF3N2O4. The molecule has 0 aliphatic rings. The molecule has 0 aromatic heterocycles. The number of methoxy groups -OCH3 is 1. The second-order valence-corrected chi connectivity index (χ2v) is 10.0. The summed E-state index contributed by atoms with van der Waals surface area (Å²) >= 11 is 6.21. The van der Waals surface area contributed by atoms with E-state index in [1.54, 1.807) is 30.3 Å². The van der Waals surface area contributed by atoms with Gasteiger partial charge in [0, 0.05) is 17.4 Å². The fraction of sp³-hybridized carbons (Fsp3) is 0.300. The SMILES string of the molecule is COc1cccc(C(NC(=O)CC(c2ccccc2)c2cccc(Cl)c2)C(=O)N[C@H](C(=O)C(F)(F)F)C(C)C)c1. The Morgan fingerprint density at radius 2 is 1.48 bits per heavy atom. The highest BCUT2D eigenvalue weighted by molar-refractivity contribution is 6.30. The first-order chi connectivity index (χ1) is 18.9. The minimum absolute atomic E-state index is 0.0901. The fourth-order valence-electron chi connectivity index (χ4n) is 4.31. The van der Waals surface area contributed by atoms with Crippen LogP contribution in [-0.4, -0.2) is 36.9 Å². The maximum absolute atomic E-state index is 13.4. The Kier molecular flexibility index (Phi) is 10.3. The lowest BCUT2D eigenvalue weighted by Gasteiger charge is -2.26. The van der Waals surface area contributed by atoms with Gasteiger partial charge in [0.1, 0.15) is 11.8 Å². The van der Waals surface area contributed by atoms with Crippen molar-refractivity contribution in [3.05, 3.63) is 101 Å². The number of Topliss-reactive ketones (excluding diaryl/α,β-unsaturated/α-hetero) is 1. The van der Waals surface area contributed by atoms with Gasteiger partial charge in [0.05, 0.1) is 13.2 Å².